The van der Waals surface area contributed by atoms with E-state index in [4.69, 9.17) is 10.5 Å². The van der Waals surface area contributed by atoms with Gasteiger partial charge in [-0.2, -0.15) is 0 Å². The molecule has 0 aliphatic rings. The standard InChI is InChI=1S/C44H52FN7O8S3/c1-28-23-38(60-4)29(2)30(3)40(28)63(58,59)52-44(46)48-20-12-19-35(39(53)43-47-21-22-61-43)49-41(54)36(26-33-17-11-18-34(45)24-33)50-42(55)37(25-31-13-7-5-8-14-31)51-62(56,57)27-32-15-9-6-10-16-32/h5-11,13-18,21-24,35-37,39,51,53H,12,19-20,25-27H2,1-4H3,(H,49,54)(H,50,55)(H3,46,48,52)/t35-,36-,37+,39?/m0/s1. The van der Waals surface area contributed by atoms with Crippen molar-refractivity contribution in [1.29, 1.82) is 0 Å². The zero-order valence-corrected chi connectivity index (χ0v) is 37.7. The molecule has 4 aromatic carbocycles. The van der Waals surface area contributed by atoms with E-state index >= 15 is 0 Å². The van der Waals surface area contributed by atoms with Crippen molar-refractivity contribution in [3.8, 4) is 5.75 Å². The maximum Gasteiger partial charge on any atom is 0.264 e. The van der Waals surface area contributed by atoms with Crippen molar-refractivity contribution < 1.29 is 40.7 Å². The molecule has 0 fully saturated rings. The van der Waals surface area contributed by atoms with Crippen molar-refractivity contribution in [2.24, 2.45) is 10.7 Å². The third kappa shape index (κ3) is 13.9. The number of methoxy groups -OCH3 is 1. The normalized spacial score (nSPS) is 14.0. The van der Waals surface area contributed by atoms with Gasteiger partial charge in [0.25, 0.3) is 10.0 Å². The number of guanidine groups is 1. The number of benzene rings is 4. The van der Waals surface area contributed by atoms with Crippen LogP contribution in [0.25, 0.3) is 0 Å². The average molecular weight is 922 g/mol. The molecule has 0 aliphatic carbocycles. The van der Waals surface area contributed by atoms with Gasteiger partial charge in [-0.3, -0.25) is 14.6 Å². The number of aliphatic hydroxyl groups is 1. The molecule has 5 rings (SSSR count). The van der Waals surface area contributed by atoms with Crippen LogP contribution < -0.4 is 30.5 Å². The SMILES string of the molecule is COc1cc(C)c(S(=O)(=O)NC(N)=NCCC[C@H](NC(=O)[C@H](Cc2cccc(F)c2)NC(=O)[C@@H](Cc2ccccc2)NS(=O)(=O)Cc2ccccc2)C(O)c2nccs2)c(C)c1C. The van der Waals surface area contributed by atoms with Gasteiger partial charge in [0.15, 0.2) is 0 Å². The summed E-state index contributed by atoms with van der Waals surface area (Å²) in [4.78, 5) is 36.9. The molecule has 336 valence electrons. The van der Waals surface area contributed by atoms with Crippen LogP contribution >= 0.6 is 11.3 Å². The molecule has 0 aliphatic heterocycles. The summed E-state index contributed by atoms with van der Waals surface area (Å²) in [6, 6.07) is 20.6. The fourth-order valence-electron chi connectivity index (χ4n) is 6.99. The Morgan fingerprint density at radius 2 is 1.49 bits per heavy atom. The molecule has 4 atom stereocenters. The molecule has 0 saturated carbocycles. The third-order valence-electron chi connectivity index (χ3n) is 10.2. The highest BCUT2D eigenvalue weighted by molar-refractivity contribution is 7.90. The summed E-state index contributed by atoms with van der Waals surface area (Å²) < 4.78 is 78.3. The van der Waals surface area contributed by atoms with Crippen LogP contribution in [0.5, 0.6) is 5.75 Å². The predicted octanol–water partition coefficient (Wildman–Crippen LogP) is 4.27. The number of halogens is 1. The molecule has 1 unspecified atom stereocenters. The van der Waals surface area contributed by atoms with E-state index in [0.717, 1.165) is 11.3 Å². The predicted molar refractivity (Wildman–Crippen MR) is 240 cm³/mol. The summed E-state index contributed by atoms with van der Waals surface area (Å²) in [7, 11) is -6.73. The number of carbonyl (C=O) groups is 2. The Balaban J connectivity index is 1.35. The largest absolute Gasteiger partial charge is 0.496 e. The second-order valence-corrected chi connectivity index (χ2v) is 19.2. The number of thiazole rings is 1. The van der Waals surface area contributed by atoms with Crippen molar-refractivity contribution in [3.63, 3.8) is 0 Å². The number of sulfonamides is 2. The Morgan fingerprint density at radius 3 is 2.13 bits per heavy atom. The molecular formula is C44H52FN7O8S3. The van der Waals surface area contributed by atoms with Crippen LogP contribution in [0.2, 0.25) is 0 Å². The lowest BCUT2D eigenvalue weighted by Gasteiger charge is -2.27. The van der Waals surface area contributed by atoms with Gasteiger partial charge in [-0.05, 0) is 91.6 Å². The first kappa shape index (κ1) is 48.3. The fourth-order valence-corrected chi connectivity index (χ4v) is 10.5. The van der Waals surface area contributed by atoms with E-state index in [1.165, 1.54) is 31.5 Å². The van der Waals surface area contributed by atoms with E-state index in [9.17, 15) is 35.9 Å². The van der Waals surface area contributed by atoms with Crippen molar-refractivity contribution in [3.05, 3.63) is 147 Å². The summed E-state index contributed by atoms with van der Waals surface area (Å²) in [5.41, 5.74) is 9.15. The van der Waals surface area contributed by atoms with Crippen LogP contribution in [0.3, 0.4) is 0 Å². The van der Waals surface area contributed by atoms with E-state index < -0.39 is 67.7 Å². The van der Waals surface area contributed by atoms with Gasteiger partial charge >= 0.3 is 0 Å². The minimum Gasteiger partial charge on any atom is -0.496 e. The lowest BCUT2D eigenvalue weighted by atomic mass is 10.0. The smallest absolute Gasteiger partial charge is 0.264 e. The van der Waals surface area contributed by atoms with Crippen molar-refractivity contribution in [2.45, 2.75) is 81.3 Å². The molecule has 7 N–H and O–H groups in total. The summed E-state index contributed by atoms with van der Waals surface area (Å²) in [6.07, 6.45) is 0.198. The van der Waals surface area contributed by atoms with Crippen LogP contribution in [0.4, 0.5) is 4.39 Å². The van der Waals surface area contributed by atoms with Gasteiger partial charge in [0.2, 0.25) is 27.8 Å². The van der Waals surface area contributed by atoms with Crippen LogP contribution in [-0.2, 0) is 48.2 Å². The minimum absolute atomic E-state index is 0.0152. The number of nitrogens with two attached hydrogens (primary N) is 1. The number of rotatable bonds is 21. The molecule has 1 aromatic heterocycles. The molecule has 15 nitrogen and oxygen atoms in total. The maximum absolute atomic E-state index is 14.4. The van der Waals surface area contributed by atoms with Crippen LogP contribution in [0.15, 0.2) is 112 Å². The summed E-state index contributed by atoms with van der Waals surface area (Å²) >= 11 is 1.15. The monoisotopic (exact) mass is 921 g/mol. The molecule has 63 heavy (non-hydrogen) atoms. The van der Waals surface area contributed by atoms with E-state index in [-0.39, 0.29) is 48.1 Å². The van der Waals surface area contributed by atoms with Crippen LogP contribution in [-0.4, -0.2) is 76.5 Å². The van der Waals surface area contributed by atoms with Gasteiger partial charge in [0.1, 0.15) is 34.8 Å². The molecule has 19 heteroatoms. The number of carbonyl (C=O) groups excluding carboxylic acids is 2. The van der Waals surface area contributed by atoms with Gasteiger partial charge in [0.05, 0.1) is 23.8 Å². The number of amides is 2. The molecule has 0 bridgehead atoms. The second-order valence-electron chi connectivity index (χ2n) is 14.9. The number of hydrogen-bond acceptors (Lipinski definition) is 11. The average Bonchev–Trinajstić information content (AvgIpc) is 3.78. The molecule has 0 spiro atoms. The number of nitrogens with zero attached hydrogens (tertiary/aromatic N) is 2. The quantitative estimate of drug-likeness (QED) is 0.0348. The third-order valence-corrected chi connectivity index (χ3v) is 14.0. The van der Waals surface area contributed by atoms with Gasteiger partial charge in [-0.25, -0.2) is 35.7 Å². The van der Waals surface area contributed by atoms with Gasteiger partial charge in [-0.15, -0.1) is 11.3 Å². The maximum atomic E-state index is 14.4. The minimum atomic E-state index is -4.14. The van der Waals surface area contributed by atoms with E-state index in [0.29, 0.717) is 39.1 Å². The van der Waals surface area contributed by atoms with Gasteiger partial charge in [-0.1, -0.05) is 72.8 Å². The first-order valence-electron chi connectivity index (χ1n) is 19.9. The molecule has 1 heterocycles. The lowest BCUT2D eigenvalue weighted by molar-refractivity contribution is -0.130. The van der Waals surface area contributed by atoms with Gasteiger partial charge < -0.3 is 26.2 Å². The zero-order chi connectivity index (χ0) is 45.7. The number of hydrogen-bond donors (Lipinski definition) is 6. The zero-order valence-electron chi connectivity index (χ0n) is 35.2. The Bertz CT molecular complexity index is 2580. The van der Waals surface area contributed by atoms with E-state index in [2.05, 4.69) is 30.1 Å². The topological polar surface area (TPSA) is 231 Å². The lowest BCUT2D eigenvalue weighted by Crippen LogP contribution is -2.56. The second kappa shape index (κ2) is 22.1. The molecule has 2 amide bonds. The van der Waals surface area contributed by atoms with Crippen molar-refractivity contribution >= 4 is 49.2 Å². The first-order valence-corrected chi connectivity index (χ1v) is 24.0. The number of aliphatic imine (C=N–C) groups is 1. The summed E-state index contributed by atoms with van der Waals surface area (Å²) in [6.45, 7) is 5.04. The van der Waals surface area contributed by atoms with E-state index in [1.807, 2.05) is 0 Å². The van der Waals surface area contributed by atoms with Gasteiger partial charge in [0, 0.05) is 24.5 Å². The molecule has 0 radical (unpaired) electrons. The molecular weight excluding hydrogens is 870 g/mol. The number of aliphatic hydroxyl groups excluding tert-OH is 1. The highest BCUT2D eigenvalue weighted by Gasteiger charge is 2.32. The Kier molecular flexibility index (Phi) is 16.9. The van der Waals surface area contributed by atoms with Crippen molar-refractivity contribution in [1.82, 2.24) is 25.1 Å². The highest BCUT2D eigenvalue weighted by atomic mass is 32.2. The van der Waals surface area contributed by atoms with Crippen molar-refractivity contribution in [2.75, 3.05) is 13.7 Å². The number of ether oxygens (including phenoxy) is 1. The number of aryl methyl sites for hydroxylation is 1. The van der Waals surface area contributed by atoms with Crippen LogP contribution in [0, 0.1) is 26.6 Å². The first-order chi connectivity index (χ1) is 30.0. The highest BCUT2D eigenvalue weighted by Crippen LogP contribution is 2.30. The Hall–Kier alpha value is -5.73. The summed E-state index contributed by atoms with van der Waals surface area (Å²) in [5.74, 6) is -2.37. The number of nitrogens with one attached hydrogen (secondary N) is 4. The fraction of sp³-hybridized carbons (Fsp3) is 0.318. The molecule has 0 saturated heterocycles. The number of aromatic nitrogens is 1. The Labute approximate surface area is 371 Å². The van der Waals surface area contributed by atoms with E-state index in [1.54, 1.807) is 98.9 Å². The Morgan fingerprint density at radius 1 is 0.857 bits per heavy atom. The summed E-state index contributed by atoms with van der Waals surface area (Å²) in [5, 5.41) is 18.9. The van der Waals surface area contributed by atoms with Crippen LogP contribution in [0.1, 0.15) is 57.3 Å². The molecule has 5 aromatic rings.